The molecule has 0 fully saturated rings. The predicted octanol–water partition coefficient (Wildman–Crippen LogP) is 1.36. The van der Waals surface area contributed by atoms with E-state index in [4.69, 9.17) is 10.5 Å². The van der Waals surface area contributed by atoms with Gasteiger partial charge in [0, 0.05) is 17.7 Å². The van der Waals surface area contributed by atoms with Crippen LogP contribution in [-0.4, -0.2) is 12.9 Å². The summed E-state index contributed by atoms with van der Waals surface area (Å²) < 4.78 is 5.09. The first kappa shape index (κ1) is 9.74. The molecular weight excluding hydrogens is 166 g/mol. The van der Waals surface area contributed by atoms with Crippen LogP contribution in [0.15, 0.2) is 18.2 Å². The van der Waals surface area contributed by atoms with Crippen LogP contribution in [0.2, 0.25) is 0 Å². The van der Waals surface area contributed by atoms with Crippen molar-refractivity contribution in [3.63, 3.8) is 0 Å². The fourth-order valence-electron chi connectivity index (χ4n) is 1.13. The average molecular weight is 179 g/mol. The number of hydrogen-bond donors (Lipinski definition) is 1. The molecule has 0 heterocycles. The molecule has 0 spiro atoms. The van der Waals surface area contributed by atoms with E-state index in [2.05, 4.69) is 0 Å². The molecule has 70 valence electrons. The second-order valence-electron chi connectivity index (χ2n) is 2.79. The summed E-state index contributed by atoms with van der Waals surface area (Å²) in [6, 6.07) is 5.28. The van der Waals surface area contributed by atoms with Gasteiger partial charge in [0.2, 0.25) is 0 Å². The van der Waals surface area contributed by atoms with Crippen molar-refractivity contribution in [1.82, 2.24) is 0 Å². The molecule has 13 heavy (non-hydrogen) atoms. The van der Waals surface area contributed by atoms with E-state index >= 15 is 0 Å². The van der Waals surface area contributed by atoms with E-state index in [0.29, 0.717) is 17.9 Å². The largest absolute Gasteiger partial charge is 0.496 e. The predicted molar refractivity (Wildman–Crippen MR) is 50.9 cm³/mol. The molecule has 0 aliphatic heterocycles. The first-order chi connectivity index (χ1) is 6.19. The molecule has 0 amide bonds. The zero-order valence-electron chi connectivity index (χ0n) is 7.83. The Hall–Kier alpha value is -1.35. The molecule has 3 nitrogen and oxygen atoms in total. The minimum atomic E-state index is 0.0295. The van der Waals surface area contributed by atoms with Crippen LogP contribution in [0.4, 0.5) is 0 Å². The van der Waals surface area contributed by atoms with Gasteiger partial charge >= 0.3 is 0 Å². The molecule has 0 aliphatic carbocycles. The van der Waals surface area contributed by atoms with Gasteiger partial charge in [0.1, 0.15) is 5.75 Å². The molecule has 0 unspecified atom stereocenters. The van der Waals surface area contributed by atoms with Gasteiger partial charge in [-0.15, -0.1) is 0 Å². The average Bonchev–Trinajstić information content (AvgIpc) is 2.16. The number of hydrogen-bond acceptors (Lipinski definition) is 3. The summed E-state index contributed by atoms with van der Waals surface area (Å²) in [7, 11) is 1.57. The van der Waals surface area contributed by atoms with E-state index in [1.54, 1.807) is 19.2 Å². The van der Waals surface area contributed by atoms with E-state index in [1.807, 2.05) is 6.07 Å². The smallest absolute Gasteiger partial charge is 0.159 e. The second-order valence-corrected chi connectivity index (χ2v) is 2.79. The van der Waals surface area contributed by atoms with Gasteiger partial charge in [0.05, 0.1) is 7.11 Å². The van der Waals surface area contributed by atoms with Gasteiger partial charge in [-0.05, 0) is 13.0 Å². The zero-order valence-corrected chi connectivity index (χ0v) is 7.83. The maximum Gasteiger partial charge on any atom is 0.159 e. The number of methoxy groups -OCH3 is 1. The summed E-state index contributed by atoms with van der Waals surface area (Å²) in [4.78, 5) is 11.0. The van der Waals surface area contributed by atoms with Gasteiger partial charge in [-0.3, -0.25) is 4.79 Å². The lowest BCUT2D eigenvalue weighted by Crippen LogP contribution is -2.01. The van der Waals surface area contributed by atoms with Crippen LogP contribution in [0.3, 0.4) is 0 Å². The molecule has 0 aromatic heterocycles. The Morgan fingerprint density at radius 1 is 1.54 bits per heavy atom. The first-order valence-corrected chi connectivity index (χ1v) is 4.07. The molecule has 1 aromatic rings. The highest BCUT2D eigenvalue weighted by Gasteiger charge is 2.05. The number of nitrogens with two attached hydrogens (primary N) is 1. The molecule has 0 bridgehead atoms. The van der Waals surface area contributed by atoms with E-state index in [0.717, 1.165) is 5.56 Å². The Labute approximate surface area is 77.5 Å². The van der Waals surface area contributed by atoms with E-state index in [9.17, 15) is 4.79 Å². The molecule has 1 rings (SSSR count). The molecular formula is C10H13NO2. The fraction of sp³-hybridized carbons (Fsp3) is 0.300. The number of benzene rings is 1. The van der Waals surface area contributed by atoms with Gasteiger partial charge in [0.25, 0.3) is 0 Å². The molecule has 3 heteroatoms. The van der Waals surface area contributed by atoms with Crippen molar-refractivity contribution < 1.29 is 9.53 Å². The van der Waals surface area contributed by atoms with Crippen LogP contribution in [0, 0.1) is 0 Å². The van der Waals surface area contributed by atoms with Gasteiger partial charge in [0.15, 0.2) is 5.78 Å². The number of Topliss-reactive ketones (excluding diaryl/α,β-unsaturated/α-hetero) is 1. The van der Waals surface area contributed by atoms with Crippen molar-refractivity contribution in [2.24, 2.45) is 5.73 Å². The van der Waals surface area contributed by atoms with Crippen LogP contribution < -0.4 is 10.5 Å². The normalized spacial score (nSPS) is 9.77. The van der Waals surface area contributed by atoms with E-state index in [1.165, 1.54) is 6.92 Å². The number of carbonyl (C=O) groups excluding carboxylic acids is 1. The Morgan fingerprint density at radius 3 is 2.69 bits per heavy atom. The third-order valence-corrected chi connectivity index (χ3v) is 1.91. The lowest BCUT2D eigenvalue weighted by atomic mass is 10.1. The Kier molecular flexibility index (Phi) is 3.03. The number of ketones is 1. The Balaban J connectivity index is 3.13. The standard InChI is InChI=1S/C10H13NO2/c1-7(12)8-3-4-9(6-11)10(5-8)13-2/h3-5H,6,11H2,1-2H3. The maximum atomic E-state index is 11.0. The highest BCUT2D eigenvalue weighted by atomic mass is 16.5. The van der Waals surface area contributed by atoms with Crippen molar-refractivity contribution in [3.8, 4) is 5.75 Å². The Morgan fingerprint density at radius 2 is 2.23 bits per heavy atom. The molecule has 1 aromatic carbocycles. The van der Waals surface area contributed by atoms with Crippen LogP contribution in [0.1, 0.15) is 22.8 Å². The molecule has 0 saturated carbocycles. The van der Waals surface area contributed by atoms with Crippen molar-refractivity contribution in [1.29, 1.82) is 0 Å². The van der Waals surface area contributed by atoms with Crippen molar-refractivity contribution in [3.05, 3.63) is 29.3 Å². The fourth-order valence-corrected chi connectivity index (χ4v) is 1.13. The van der Waals surface area contributed by atoms with Crippen LogP contribution in [0.5, 0.6) is 5.75 Å². The zero-order chi connectivity index (χ0) is 9.84. The lowest BCUT2D eigenvalue weighted by Gasteiger charge is -2.07. The minimum Gasteiger partial charge on any atom is -0.496 e. The first-order valence-electron chi connectivity index (χ1n) is 4.07. The summed E-state index contributed by atoms with van der Waals surface area (Å²) in [5.74, 6) is 0.706. The van der Waals surface area contributed by atoms with Gasteiger partial charge < -0.3 is 10.5 Å². The Bertz CT molecular complexity index is 321. The molecule has 0 saturated heterocycles. The summed E-state index contributed by atoms with van der Waals surface area (Å²) in [6.07, 6.45) is 0. The summed E-state index contributed by atoms with van der Waals surface area (Å²) in [6.45, 7) is 1.94. The van der Waals surface area contributed by atoms with E-state index < -0.39 is 0 Å². The van der Waals surface area contributed by atoms with Crippen LogP contribution in [0.25, 0.3) is 0 Å². The lowest BCUT2D eigenvalue weighted by molar-refractivity contribution is 0.101. The third kappa shape index (κ3) is 2.06. The number of carbonyl (C=O) groups is 1. The highest BCUT2D eigenvalue weighted by Crippen LogP contribution is 2.19. The summed E-state index contributed by atoms with van der Waals surface area (Å²) >= 11 is 0. The third-order valence-electron chi connectivity index (χ3n) is 1.91. The van der Waals surface area contributed by atoms with Crippen molar-refractivity contribution >= 4 is 5.78 Å². The SMILES string of the molecule is COc1cc(C(C)=O)ccc1CN. The monoisotopic (exact) mass is 179 g/mol. The highest BCUT2D eigenvalue weighted by molar-refractivity contribution is 5.94. The van der Waals surface area contributed by atoms with Gasteiger partial charge in [-0.2, -0.15) is 0 Å². The van der Waals surface area contributed by atoms with Crippen LogP contribution in [-0.2, 0) is 6.54 Å². The summed E-state index contributed by atoms with van der Waals surface area (Å²) in [5.41, 5.74) is 7.04. The van der Waals surface area contributed by atoms with Gasteiger partial charge in [-0.25, -0.2) is 0 Å². The molecule has 0 radical (unpaired) electrons. The molecule has 2 N–H and O–H groups in total. The van der Waals surface area contributed by atoms with Crippen LogP contribution >= 0.6 is 0 Å². The number of ether oxygens (including phenoxy) is 1. The quantitative estimate of drug-likeness (QED) is 0.713. The maximum absolute atomic E-state index is 11.0. The van der Waals surface area contributed by atoms with Gasteiger partial charge in [-0.1, -0.05) is 12.1 Å². The molecule has 0 atom stereocenters. The summed E-state index contributed by atoms with van der Waals surface area (Å²) in [5, 5.41) is 0. The topological polar surface area (TPSA) is 52.3 Å². The second kappa shape index (κ2) is 4.05. The molecule has 0 aliphatic rings. The minimum absolute atomic E-state index is 0.0295. The van der Waals surface area contributed by atoms with Crippen molar-refractivity contribution in [2.45, 2.75) is 13.5 Å². The van der Waals surface area contributed by atoms with E-state index in [-0.39, 0.29) is 5.78 Å². The van der Waals surface area contributed by atoms with Crippen molar-refractivity contribution in [2.75, 3.05) is 7.11 Å². The number of rotatable bonds is 3.